The van der Waals surface area contributed by atoms with Gasteiger partial charge in [0.2, 0.25) is 5.95 Å². The fourth-order valence-electron chi connectivity index (χ4n) is 3.81. The first-order valence-electron chi connectivity index (χ1n) is 10.2. The van der Waals surface area contributed by atoms with Crippen LogP contribution in [0.1, 0.15) is 41.6 Å². The largest absolute Gasteiger partial charge is 0.352 e. The minimum absolute atomic E-state index is 0.187. The molecule has 0 fully saturated rings. The predicted octanol–water partition coefficient (Wildman–Crippen LogP) is 3.08. The molecule has 0 radical (unpaired) electrons. The van der Waals surface area contributed by atoms with E-state index in [1.54, 1.807) is 11.7 Å². The maximum Gasteiger partial charge on any atom is 0.278 e. The van der Waals surface area contributed by atoms with Crippen molar-refractivity contribution in [1.29, 1.82) is 0 Å². The Morgan fingerprint density at radius 2 is 1.90 bits per heavy atom. The Bertz CT molecular complexity index is 1230. The number of aromatic nitrogens is 6. The van der Waals surface area contributed by atoms with E-state index in [4.69, 9.17) is 5.10 Å². The third kappa shape index (κ3) is 3.72. The summed E-state index contributed by atoms with van der Waals surface area (Å²) in [4.78, 5) is 20.1. The third-order valence-electron chi connectivity index (χ3n) is 5.39. The smallest absolute Gasteiger partial charge is 0.278 e. The van der Waals surface area contributed by atoms with Gasteiger partial charge in [0, 0.05) is 24.8 Å². The molecule has 4 rings (SSSR count). The van der Waals surface area contributed by atoms with Crippen molar-refractivity contribution >= 4 is 17.0 Å². The Morgan fingerprint density at radius 1 is 1.13 bits per heavy atom. The van der Waals surface area contributed by atoms with Gasteiger partial charge in [-0.15, -0.1) is 0 Å². The fraction of sp³-hybridized carbons (Fsp3) is 0.364. The van der Waals surface area contributed by atoms with Crippen molar-refractivity contribution in [3.8, 4) is 0 Å². The molecule has 2 N–H and O–H groups in total. The summed E-state index contributed by atoms with van der Waals surface area (Å²) in [6.07, 6.45) is 1.74. The van der Waals surface area contributed by atoms with E-state index in [2.05, 4.69) is 46.4 Å². The molecule has 0 spiro atoms. The Balaban J connectivity index is 1.58. The van der Waals surface area contributed by atoms with Crippen molar-refractivity contribution in [1.82, 2.24) is 29.5 Å². The summed E-state index contributed by atoms with van der Waals surface area (Å²) < 4.78 is 3.62. The predicted molar refractivity (Wildman–Crippen MR) is 118 cm³/mol. The molecule has 0 atom stereocenters. The van der Waals surface area contributed by atoms with Crippen molar-refractivity contribution in [3.63, 3.8) is 0 Å². The Hall–Kier alpha value is -3.42. The van der Waals surface area contributed by atoms with Gasteiger partial charge in [0.15, 0.2) is 5.52 Å². The lowest BCUT2D eigenvalue weighted by molar-refractivity contribution is 0.658. The van der Waals surface area contributed by atoms with Crippen molar-refractivity contribution < 1.29 is 0 Å². The average Bonchev–Trinajstić information content (AvgIpc) is 3.17. The summed E-state index contributed by atoms with van der Waals surface area (Å²) in [5.74, 6) is 0.451. The van der Waals surface area contributed by atoms with E-state index in [9.17, 15) is 4.79 Å². The van der Waals surface area contributed by atoms with E-state index in [0.717, 1.165) is 42.0 Å². The number of aromatic amines is 1. The second-order valence-corrected chi connectivity index (χ2v) is 7.58. The van der Waals surface area contributed by atoms with Crippen LogP contribution in [0.3, 0.4) is 0 Å². The second kappa shape index (κ2) is 8.14. The van der Waals surface area contributed by atoms with Crippen LogP contribution >= 0.6 is 0 Å². The highest BCUT2D eigenvalue weighted by molar-refractivity contribution is 5.77. The highest BCUT2D eigenvalue weighted by Crippen LogP contribution is 2.18. The zero-order valence-corrected chi connectivity index (χ0v) is 17.9. The molecule has 0 unspecified atom stereocenters. The highest BCUT2D eigenvalue weighted by Gasteiger charge is 2.16. The molecule has 0 aliphatic carbocycles. The molecule has 0 amide bonds. The average molecular weight is 406 g/mol. The monoisotopic (exact) mass is 405 g/mol. The summed E-state index contributed by atoms with van der Waals surface area (Å²) in [6.45, 7) is 7.42. The number of benzene rings is 1. The van der Waals surface area contributed by atoms with E-state index in [1.807, 2.05) is 29.8 Å². The number of hydrogen-bond acceptors (Lipinski definition) is 5. The number of fused-ring (bicyclic) bond motifs is 1. The first-order valence-corrected chi connectivity index (χ1v) is 10.2. The zero-order valence-electron chi connectivity index (χ0n) is 17.9. The molecule has 30 heavy (non-hydrogen) atoms. The molecule has 0 saturated heterocycles. The van der Waals surface area contributed by atoms with Crippen LogP contribution in [0.4, 0.5) is 5.95 Å². The highest BCUT2D eigenvalue weighted by atomic mass is 16.1. The number of nitrogens with one attached hydrogen (secondary N) is 2. The van der Waals surface area contributed by atoms with Crippen LogP contribution in [-0.2, 0) is 26.6 Å². The first-order chi connectivity index (χ1) is 14.5. The molecule has 8 heteroatoms. The van der Waals surface area contributed by atoms with Crippen LogP contribution < -0.4 is 10.9 Å². The number of anilines is 1. The number of nitrogens with zero attached hydrogens (tertiary/aromatic N) is 5. The molecule has 1 aromatic carbocycles. The van der Waals surface area contributed by atoms with Crippen molar-refractivity contribution in [3.05, 3.63) is 68.9 Å². The van der Waals surface area contributed by atoms with E-state index in [1.165, 1.54) is 5.56 Å². The molecule has 0 saturated carbocycles. The molecule has 8 nitrogen and oxygen atoms in total. The quantitative estimate of drug-likeness (QED) is 0.493. The zero-order chi connectivity index (χ0) is 21.3. The van der Waals surface area contributed by atoms with Crippen LogP contribution in [0.5, 0.6) is 0 Å². The number of aryl methyl sites for hydroxylation is 3. The second-order valence-electron chi connectivity index (χ2n) is 7.58. The molecule has 0 aliphatic heterocycles. The lowest BCUT2D eigenvalue weighted by Crippen LogP contribution is -2.15. The standard InChI is InChI=1S/C22H27N7O/c1-5-9-18-19-20(28(4)27-18)21(30)25-22(24-19)23-12-17-14(2)26-29(15(17)3)13-16-10-7-6-8-11-16/h6-8,10-11H,5,9,12-13H2,1-4H3,(H2,23,24,25,30). The molecule has 3 aromatic heterocycles. The third-order valence-corrected chi connectivity index (χ3v) is 5.39. The van der Waals surface area contributed by atoms with Gasteiger partial charge in [0.1, 0.15) is 5.52 Å². The van der Waals surface area contributed by atoms with Gasteiger partial charge >= 0.3 is 0 Å². The van der Waals surface area contributed by atoms with Crippen molar-refractivity contribution in [2.24, 2.45) is 7.05 Å². The Morgan fingerprint density at radius 3 is 2.63 bits per heavy atom. The SMILES string of the molecule is CCCc1nn(C)c2c(=O)[nH]c(NCc3c(C)nn(Cc4ccccc4)c3C)nc12. The number of H-pyrrole nitrogens is 1. The minimum Gasteiger partial charge on any atom is -0.352 e. The van der Waals surface area contributed by atoms with Gasteiger partial charge in [-0.2, -0.15) is 10.2 Å². The van der Waals surface area contributed by atoms with Gasteiger partial charge in [0.25, 0.3) is 5.56 Å². The summed E-state index contributed by atoms with van der Waals surface area (Å²) in [7, 11) is 1.78. The maximum atomic E-state index is 12.6. The van der Waals surface area contributed by atoms with Crippen LogP contribution in [0.2, 0.25) is 0 Å². The van der Waals surface area contributed by atoms with E-state index in [0.29, 0.717) is 23.5 Å². The van der Waals surface area contributed by atoms with Crippen LogP contribution in [0, 0.1) is 13.8 Å². The van der Waals surface area contributed by atoms with Gasteiger partial charge < -0.3 is 5.32 Å². The summed E-state index contributed by atoms with van der Waals surface area (Å²) in [5.41, 5.74) is 6.21. The molecular weight excluding hydrogens is 378 g/mol. The molecule has 0 bridgehead atoms. The van der Waals surface area contributed by atoms with Crippen molar-refractivity contribution in [2.75, 3.05) is 5.32 Å². The van der Waals surface area contributed by atoms with Crippen LogP contribution in [0.25, 0.3) is 11.0 Å². The molecule has 0 aliphatic rings. The van der Waals surface area contributed by atoms with E-state index in [-0.39, 0.29) is 5.56 Å². The lowest BCUT2D eigenvalue weighted by atomic mass is 10.2. The van der Waals surface area contributed by atoms with E-state index >= 15 is 0 Å². The van der Waals surface area contributed by atoms with Crippen LogP contribution in [-0.4, -0.2) is 29.5 Å². The first kappa shape index (κ1) is 19.9. The van der Waals surface area contributed by atoms with Gasteiger partial charge in [-0.1, -0.05) is 43.7 Å². The van der Waals surface area contributed by atoms with Gasteiger partial charge in [-0.3, -0.25) is 19.1 Å². The maximum absolute atomic E-state index is 12.6. The molecule has 156 valence electrons. The Labute approximate surface area is 175 Å². The minimum atomic E-state index is -0.187. The lowest BCUT2D eigenvalue weighted by Gasteiger charge is -2.08. The number of hydrogen-bond donors (Lipinski definition) is 2. The van der Waals surface area contributed by atoms with Gasteiger partial charge in [0.05, 0.1) is 17.9 Å². The molecular formula is C22H27N7O. The van der Waals surface area contributed by atoms with E-state index < -0.39 is 0 Å². The summed E-state index contributed by atoms with van der Waals surface area (Å²) in [6, 6.07) is 10.3. The fourth-order valence-corrected chi connectivity index (χ4v) is 3.81. The molecule has 4 aromatic rings. The topological polar surface area (TPSA) is 93.4 Å². The summed E-state index contributed by atoms with van der Waals surface area (Å²) in [5, 5.41) is 12.4. The normalized spacial score (nSPS) is 11.3. The molecule has 3 heterocycles. The Kier molecular flexibility index (Phi) is 5.39. The number of rotatable bonds is 7. The summed E-state index contributed by atoms with van der Waals surface area (Å²) >= 11 is 0. The van der Waals surface area contributed by atoms with Gasteiger partial charge in [-0.25, -0.2) is 4.98 Å². The van der Waals surface area contributed by atoms with Gasteiger partial charge in [-0.05, 0) is 25.8 Å². The van der Waals surface area contributed by atoms with Crippen LogP contribution in [0.15, 0.2) is 35.1 Å². The van der Waals surface area contributed by atoms with Crippen molar-refractivity contribution in [2.45, 2.75) is 46.7 Å².